The highest BCUT2D eigenvalue weighted by atomic mass is 32.2. The Kier molecular flexibility index (Phi) is 5.91. The number of aromatic nitrogens is 2. The van der Waals surface area contributed by atoms with Gasteiger partial charge in [0, 0.05) is 30.8 Å². The lowest BCUT2D eigenvalue weighted by Crippen LogP contribution is -2.39. The maximum Gasteiger partial charge on any atom is 0.286 e. The molecule has 1 amide bonds. The third-order valence-electron chi connectivity index (χ3n) is 5.53. The minimum absolute atomic E-state index is 0.0970. The van der Waals surface area contributed by atoms with Crippen LogP contribution in [-0.2, 0) is 10.0 Å². The van der Waals surface area contributed by atoms with Crippen LogP contribution >= 0.6 is 11.3 Å². The third-order valence-corrected chi connectivity index (χ3v) is 8.47. The average molecular weight is 509 g/mol. The van der Waals surface area contributed by atoms with E-state index in [1.165, 1.54) is 4.31 Å². The summed E-state index contributed by atoms with van der Waals surface area (Å²) >= 11 is 1.08. The molecule has 0 radical (unpaired) electrons. The van der Waals surface area contributed by atoms with Gasteiger partial charge in [0.1, 0.15) is 5.01 Å². The first-order chi connectivity index (χ1) is 16.3. The van der Waals surface area contributed by atoms with Crippen LogP contribution in [0, 0.1) is 11.6 Å². The van der Waals surface area contributed by atoms with Crippen LogP contribution in [0.3, 0.4) is 0 Å². The molecule has 0 unspecified atom stereocenters. The van der Waals surface area contributed by atoms with Crippen molar-refractivity contribution >= 4 is 33.0 Å². The molecule has 9 nitrogen and oxygen atoms in total. The number of rotatable bonds is 5. The SMILES string of the molecule is O=C(Nc1ccc2c(c1)OCO2)c1nnc([C@H]2CCCN(S(=O)(=O)c3ccc(F)c(F)c3)C2)s1. The Morgan fingerprint density at radius 3 is 2.74 bits per heavy atom. The number of hydrogen-bond acceptors (Lipinski definition) is 8. The van der Waals surface area contributed by atoms with Gasteiger partial charge in [-0.3, -0.25) is 4.79 Å². The second kappa shape index (κ2) is 8.89. The predicted molar refractivity (Wildman–Crippen MR) is 118 cm³/mol. The van der Waals surface area contributed by atoms with Gasteiger partial charge in [-0.15, -0.1) is 10.2 Å². The lowest BCUT2D eigenvalue weighted by molar-refractivity contribution is 0.102. The molecule has 1 saturated heterocycles. The van der Waals surface area contributed by atoms with Gasteiger partial charge in [-0.2, -0.15) is 4.31 Å². The van der Waals surface area contributed by atoms with Gasteiger partial charge in [-0.25, -0.2) is 17.2 Å². The van der Waals surface area contributed by atoms with Crippen molar-refractivity contribution in [1.29, 1.82) is 0 Å². The van der Waals surface area contributed by atoms with E-state index in [2.05, 4.69) is 15.5 Å². The van der Waals surface area contributed by atoms with Gasteiger partial charge in [-0.05, 0) is 43.2 Å². The van der Waals surface area contributed by atoms with Crippen molar-refractivity contribution in [1.82, 2.24) is 14.5 Å². The van der Waals surface area contributed by atoms with E-state index in [0.29, 0.717) is 41.1 Å². The number of amides is 1. The normalized spacial score (nSPS) is 18.1. The molecule has 0 bridgehead atoms. The molecule has 2 aliphatic rings. The smallest absolute Gasteiger partial charge is 0.286 e. The lowest BCUT2D eigenvalue weighted by Gasteiger charge is -2.30. The highest BCUT2D eigenvalue weighted by Crippen LogP contribution is 2.35. The summed E-state index contributed by atoms with van der Waals surface area (Å²) in [6.07, 6.45) is 1.20. The Hall–Kier alpha value is -3.16. The van der Waals surface area contributed by atoms with Gasteiger partial charge in [-0.1, -0.05) is 11.3 Å². The molecule has 0 aliphatic carbocycles. The van der Waals surface area contributed by atoms with E-state index in [0.717, 1.165) is 23.5 Å². The zero-order valence-electron chi connectivity index (χ0n) is 17.5. The summed E-state index contributed by atoms with van der Waals surface area (Å²) < 4.78 is 64.5. The highest BCUT2D eigenvalue weighted by molar-refractivity contribution is 7.89. The summed E-state index contributed by atoms with van der Waals surface area (Å²) in [6, 6.07) is 7.52. The first-order valence-corrected chi connectivity index (χ1v) is 12.6. The average Bonchev–Trinajstić information content (AvgIpc) is 3.50. The molecule has 178 valence electrons. The van der Waals surface area contributed by atoms with Gasteiger partial charge in [0.2, 0.25) is 21.8 Å². The second-order valence-corrected chi connectivity index (χ2v) is 10.7. The summed E-state index contributed by atoms with van der Waals surface area (Å²) in [5.74, 6) is -1.95. The number of benzene rings is 2. The number of piperidine rings is 1. The summed E-state index contributed by atoms with van der Waals surface area (Å²) in [5.41, 5.74) is 0.507. The largest absolute Gasteiger partial charge is 0.454 e. The molecule has 3 aromatic rings. The molecule has 5 rings (SSSR count). The van der Waals surface area contributed by atoms with Gasteiger partial charge in [0.15, 0.2) is 23.1 Å². The second-order valence-electron chi connectivity index (χ2n) is 7.75. The van der Waals surface area contributed by atoms with E-state index in [9.17, 15) is 22.0 Å². The molecule has 1 fully saturated rings. The topological polar surface area (TPSA) is 111 Å². The van der Waals surface area contributed by atoms with Crippen LogP contribution in [-0.4, -0.2) is 48.7 Å². The molecule has 1 aromatic heterocycles. The highest BCUT2D eigenvalue weighted by Gasteiger charge is 2.33. The summed E-state index contributed by atoms with van der Waals surface area (Å²) in [7, 11) is -4.02. The van der Waals surface area contributed by atoms with Crippen molar-refractivity contribution < 1.29 is 31.5 Å². The van der Waals surface area contributed by atoms with Crippen molar-refractivity contribution in [2.75, 3.05) is 25.2 Å². The van der Waals surface area contributed by atoms with Crippen LogP contribution in [0.1, 0.15) is 33.6 Å². The summed E-state index contributed by atoms with van der Waals surface area (Å²) in [5, 5.41) is 11.5. The first-order valence-electron chi connectivity index (χ1n) is 10.3. The monoisotopic (exact) mass is 508 g/mol. The Labute approximate surface area is 197 Å². The fourth-order valence-corrected chi connectivity index (χ4v) is 6.20. The van der Waals surface area contributed by atoms with Crippen LogP contribution in [0.4, 0.5) is 14.5 Å². The molecule has 1 atom stereocenters. The molecule has 3 heterocycles. The molecule has 0 saturated carbocycles. The van der Waals surface area contributed by atoms with E-state index in [1.807, 2.05) is 0 Å². The molecule has 1 N–H and O–H groups in total. The maximum absolute atomic E-state index is 13.6. The molecule has 0 spiro atoms. The van der Waals surface area contributed by atoms with Crippen LogP contribution in [0.2, 0.25) is 0 Å². The standard InChI is InChI=1S/C21H18F2N4O5S2/c22-15-5-4-14(9-16(15)23)34(29,30)27-7-1-2-12(10-27)20-25-26-21(33-20)19(28)24-13-3-6-17-18(8-13)32-11-31-17/h3-6,8-9,12H,1-2,7,10-11H2,(H,24,28)/t12-/m0/s1. The van der Waals surface area contributed by atoms with Gasteiger partial charge in [0.25, 0.3) is 5.91 Å². The molecule has 34 heavy (non-hydrogen) atoms. The molecule has 13 heteroatoms. The van der Waals surface area contributed by atoms with E-state index in [-0.39, 0.29) is 35.7 Å². The van der Waals surface area contributed by atoms with Gasteiger partial charge < -0.3 is 14.8 Å². The number of hydrogen-bond donors (Lipinski definition) is 1. The predicted octanol–water partition coefficient (Wildman–Crippen LogP) is 3.37. The number of ether oxygens (including phenoxy) is 2. The van der Waals surface area contributed by atoms with Crippen molar-refractivity contribution in [3.63, 3.8) is 0 Å². The number of nitrogens with one attached hydrogen (secondary N) is 1. The lowest BCUT2D eigenvalue weighted by atomic mass is 10.0. The fourth-order valence-electron chi connectivity index (χ4n) is 3.80. The zero-order valence-corrected chi connectivity index (χ0v) is 19.2. The third kappa shape index (κ3) is 4.33. The minimum Gasteiger partial charge on any atom is -0.454 e. The number of anilines is 1. The van der Waals surface area contributed by atoms with Crippen molar-refractivity contribution in [2.24, 2.45) is 0 Å². The fraction of sp³-hybridized carbons (Fsp3) is 0.286. The minimum atomic E-state index is -4.02. The van der Waals surface area contributed by atoms with Crippen LogP contribution in [0.15, 0.2) is 41.3 Å². The van der Waals surface area contributed by atoms with Crippen molar-refractivity contribution in [2.45, 2.75) is 23.7 Å². The van der Waals surface area contributed by atoms with E-state index >= 15 is 0 Å². The number of sulfonamides is 1. The molecular formula is C21H18F2N4O5S2. The summed E-state index contributed by atoms with van der Waals surface area (Å²) in [4.78, 5) is 12.3. The van der Waals surface area contributed by atoms with Crippen LogP contribution in [0.25, 0.3) is 0 Å². The quantitative estimate of drug-likeness (QED) is 0.563. The summed E-state index contributed by atoms with van der Waals surface area (Å²) in [6.45, 7) is 0.463. The van der Waals surface area contributed by atoms with E-state index in [4.69, 9.17) is 9.47 Å². The first kappa shape index (κ1) is 22.6. The molecular weight excluding hydrogens is 490 g/mol. The molecule has 2 aliphatic heterocycles. The van der Waals surface area contributed by atoms with Crippen LogP contribution < -0.4 is 14.8 Å². The Bertz CT molecular complexity index is 1360. The van der Waals surface area contributed by atoms with Crippen molar-refractivity contribution in [3.05, 3.63) is 58.0 Å². The van der Waals surface area contributed by atoms with Gasteiger partial charge in [0.05, 0.1) is 4.90 Å². The van der Waals surface area contributed by atoms with E-state index < -0.39 is 27.6 Å². The Balaban J connectivity index is 1.29. The van der Waals surface area contributed by atoms with Gasteiger partial charge >= 0.3 is 0 Å². The number of fused-ring (bicyclic) bond motifs is 1. The van der Waals surface area contributed by atoms with Crippen molar-refractivity contribution in [3.8, 4) is 11.5 Å². The number of carbonyl (C=O) groups excluding carboxylic acids is 1. The number of halogens is 2. The number of nitrogens with zero attached hydrogens (tertiary/aromatic N) is 3. The van der Waals surface area contributed by atoms with Crippen LogP contribution in [0.5, 0.6) is 11.5 Å². The maximum atomic E-state index is 13.6. The number of carbonyl (C=O) groups is 1. The van der Waals surface area contributed by atoms with E-state index in [1.54, 1.807) is 18.2 Å². The molecule has 2 aromatic carbocycles. The Morgan fingerprint density at radius 2 is 1.91 bits per heavy atom. The Morgan fingerprint density at radius 1 is 1.09 bits per heavy atom. The zero-order chi connectivity index (χ0) is 23.9.